The van der Waals surface area contributed by atoms with Gasteiger partial charge in [0.15, 0.2) is 11.2 Å². The lowest BCUT2D eigenvalue weighted by atomic mass is 9.75. The predicted molar refractivity (Wildman–Crippen MR) is 224 cm³/mol. The molecule has 1 aromatic heterocycles. The number of carbonyl (C=O) groups is 4. The van der Waals surface area contributed by atoms with Crippen LogP contribution in [0.4, 0.5) is 40.3 Å². The van der Waals surface area contributed by atoms with E-state index in [1.807, 2.05) is 36.9 Å². The van der Waals surface area contributed by atoms with Crippen molar-refractivity contribution in [2.24, 2.45) is 0 Å². The number of halogens is 4. The zero-order valence-electron chi connectivity index (χ0n) is 34.2. The fourth-order valence-corrected chi connectivity index (χ4v) is 9.77. The van der Waals surface area contributed by atoms with Gasteiger partial charge >= 0.3 is 6.18 Å². The number of pyridine rings is 1. The van der Waals surface area contributed by atoms with Crippen LogP contribution in [0.25, 0.3) is 0 Å². The van der Waals surface area contributed by atoms with Crippen molar-refractivity contribution in [3.05, 3.63) is 71.3 Å². The van der Waals surface area contributed by atoms with Gasteiger partial charge in [-0.2, -0.15) is 18.4 Å². The van der Waals surface area contributed by atoms with Crippen molar-refractivity contribution in [1.82, 2.24) is 20.1 Å². The Hall–Kier alpha value is -5.45. The molecule has 0 radical (unpaired) electrons. The normalized spacial score (nSPS) is 24.1. The summed E-state index contributed by atoms with van der Waals surface area (Å²) in [5.41, 5.74) is -1.68. The van der Waals surface area contributed by atoms with Crippen molar-refractivity contribution < 1.29 is 41.5 Å². The first-order chi connectivity index (χ1) is 29.5. The van der Waals surface area contributed by atoms with Gasteiger partial charge in [0.05, 0.1) is 24.0 Å². The van der Waals surface area contributed by atoms with Gasteiger partial charge in [-0.15, -0.1) is 12.6 Å². The van der Waals surface area contributed by atoms with Gasteiger partial charge < -0.3 is 20.3 Å². The van der Waals surface area contributed by atoms with Crippen LogP contribution in [0.5, 0.6) is 5.75 Å². The van der Waals surface area contributed by atoms with E-state index in [4.69, 9.17) is 17.4 Å². The van der Waals surface area contributed by atoms with Gasteiger partial charge in [-0.1, -0.05) is 0 Å². The molecule has 4 heterocycles. The van der Waals surface area contributed by atoms with Gasteiger partial charge in [0.1, 0.15) is 35.8 Å². The minimum Gasteiger partial charge on any atom is -0.492 e. The third-order valence-corrected chi connectivity index (χ3v) is 13.0. The monoisotopic (exact) mass is 877 g/mol. The molecule has 4 amide bonds. The van der Waals surface area contributed by atoms with Gasteiger partial charge in [0.2, 0.25) is 17.7 Å². The van der Waals surface area contributed by atoms with E-state index in [2.05, 4.69) is 30.7 Å². The lowest BCUT2D eigenvalue weighted by Gasteiger charge is -2.45. The molecule has 3 saturated heterocycles. The second-order valence-corrected chi connectivity index (χ2v) is 17.3. The van der Waals surface area contributed by atoms with Crippen LogP contribution in [0.15, 0.2) is 48.7 Å². The number of piperazine rings is 1. The number of imide groups is 1. The van der Waals surface area contributed by atoms with E-state index in [0.29, 0.717) is 44.8 Å². The molecule has 2 aromatic carbocycles. The van der Waals surface area contributed by atoms with Crippen LogP contribution in [-0.2, 0) is 25.4 Å². The first-order valence-corrected chi connectivity index (χ1v) is 21.3. The van der Waals surface area contributed by atoms with Gasteiger partial charge in [-0.3, -0.25) is 39.2 Å². The fourth-order valence-electron chi connectivity index (χ4n) is 9.18. The maximum absolute atomic E-state index is 14.5. The number of rotatable bonds is 12. The van der Waals surface area contributed by atoms with E-state index in [0.717, 1.165) is 48.5 Å². The summed E-state index contributed by atoms with van der Waals surface area (Å²) in [6.07, 6.45) is 0.476. The SMILES string of the molecule is C[C@@H]1CN(CCOc2ccc(N3C(S)N(c4cnc(C#N)c(C(F)(F)F)c4)C(=O)C34CCC4)cc2C2CC2)C[C@H](C)N1CC(=O)Nc1cc(F)cc(NC2CCC(=O)NC2=O)c1. The number of carbonyl (C=O) groups excluding carboxylic acids is 4. The summed E-state index contributed by atoms with van der Waals surface area (Å²) in [6, 6.07) is 11.4. The smallest absolute Gasteiger partial charge is 0.419 e. The first-order valence-electron chi connectivity index (χ1n) is 20.8. The summed E-state index contributed by atoms with van der Waals surface area (Å²) < 4.78 is 62.6. The Balaban J connectivity index is 0.880. The van der Waals surface area contributed by atoms with Gasteiger partial charge in [-0.05, 0) is 106 Å². The van der Waals surface area contributed by atoms with Crippen LogP contribution < -0.4 is 30.5 Å². The highest BCUT2D eigenvalue weighted by Crippen LogP contribution is 2.52. The minimum absolute atomic E-state index is 0.0129. The zero-order valence-corrected chi connectivity index (χ0v) is 35.1. The molecule has 14 nitrogen and oxygen atoms in total. The molecular formula is C43H47F4N9O5S. The van der Waals surface area contributed by atoms with Crippen LogP contribution in [0.2, 0.25) is 0 Å². The number of anilines is 4. The maximum atomic E-state index is 14.5. The molecule has 19 heteroatoms. The van der Waals surface area contributed by atoms with Crippen LogP contribution in [0.1, 0.15) is 81.5 Å². The number of nitrogens with zero attached hydrogens (tertiary/aromatic N) is 6. The van der Waals surface area contributed by atoms with Gasteiger partial charge in [0.25, 0.3) is 5.91 Å². The van der Waals surface area contributed by atoms with Crippen LogP contribution >= 0.6 is 12.6 Å². The Labute approximate surface area is 361 Å². The Kier molecular flexibility index (Phi) is 11.9. The number of hydrogen-bond acceptors (Lipinski definition) is 12. The fraction of sp³-hybridized carbons (Fsp3) is 0.488. The number of nitrogens with one attached hydrogen (secondary N) is 3. The Morgan fingerprint density at radius 1 is 1.03 bits per heavy atom. The van der Waals surface area contributed by atoms with E-state index in [-0.39, 0.29) is 66.5 Å². The molecule has 4 atom stereocenters. The van der Waals surface area contributed by atoms with E-state index in [1.165, 1.54) is 23.1 Å². The molecule has 3 N–H and O–H groups in total. The Morgan fingerprint density at radius 3 is 2.40 bits per heavy atom. The minimum atomic E-state index is -4.84. The van der Waals surface area contributed by atoms with Gasteiger partial charge in [-0.25, -0.2) is 9.37 Å². The third kappa shape index (κ3) is 8.64. The predicted octanol–water partition coefficient (Wildman–Crippen LogP) is 5.61. The molecule has 328 valence electrons. The summed E-state index contributed by atoms with van der Waals surface area (Å²) >= 11 is 4.82. The number of aromatic nitrogens is 1. The second kappa shape index (κ2) is 17.0. The summed E-state index contributed by atoms with van der Waals surface area (Å²) in [4.78, 5) is 62.2. The lowest BCUT2D eigenvalue weighted by molar-refractivity contribution is -0.138. The third-order valence-electron chi connectivity index (χ3n) is 12.5. The number of thiol groups is 1. The molecule has 8 rings (SSSR count). The zero-order chi connectivity index (χ0) is 44.1. The molecule has 62 heavy (non-hydrogen) atoms. The average molecular weight is 878 g/mol. The quantitative estimate of drug-likeness (QED) is 0.102. The number of alkyl halides is 3. The number of nitriles is 1. The molecule has 0 bridgehead atoms. The average Bonchev–Trinajstić information content (AvgIpc) is 4.01. The van der Waals surface area contributed by atoms with Crippen molar-refractivity contribution in [3.8, 4) is 11.8 Å². The van der Waals surface area contributed by atoms with Crippen LogP contribution in [0.3, 0.4) is 0 Å². The highest BCUT2D eigenvalue weighted by molar-refractivity contribution is 7.81. The number of piperidine rings is 1. The lowest BCUT2D eigenvalue weighted by Crippen LogP contribution is -2.58. The van der Waals surface area contributed by atoms with Crippen LogP contribution in [0, 0.1) is 17.1 Å². The Morgan fingerprint density at radius 2 is 1.76 bits per heavy atom. The number of hydrogen-bond donors (Lipinski definition) is 4. The molecule has 5 aliphatic rings. The summed E-state index contributed by atoms with van der Waals surface area (Å²) in [5.74, 6) is -1.11. The number of amides is 4. The first kappa shape index (κ1) is 43.2. The van der Waals surface area contributed by atoms with E-state index in [9.17, 15) is 42.0 Å². The Bertz CT molecular complexity index is 2310. The van der Waals surface area contributed by atoms with Crippen molar-refractivity contribution in [3.63, 3.8) is 0 Å². The van der Waals surface area contributed by atoms with Crippen molar-refractivity contribution >= 4 is 59.0 Å². The number of benzene rings is 2. The molecule has 2 aliphatic carbocycles. The number of ether oxygens (including phenoxy) is 1. The molecule has 2 unspecified atom stereocenters. The standard InChI is InChI=1S/C43H47F4N9O5S/c1-24-21-53(22-25(2)54(24)23-38(58)51-29-15-27(44)14-28(16-29)50-34-7-9-37(57)52-39(34)59)12-13-61-36-8-6-30(17-32(36)26-4-5-26)56-41(62)55(40(60)42(56)10-3-11-42)31-18-33(43(45,46)47)35(19-48)49-20-31/h6,8,14-18,20,24-26,34,41,50,62H,3-5,7,9-13,21-23H2,1-2H3,(H,51,58)(H,52,57,59)/t24-,25+,34?,41?. The highest BCUT2D eigenvalue weighted by Gasteiger charge is 2.60. The highest BCUT2D eigenvalue weighted by atomic mass is 32.1. The van der Waals surface area contributed by atoms with E-state index in [1.54, 1.807) is 6.07 Å². The van der Waals surface area contributed by atoms with Crippen molar-refractivity contribution in [2.45, 2.75) is 100 Å². The molecule has 1 spiro atoms. The molecule has 2 saturated carbocycles. The molecule has 3 aromatic rings. The molecular weight excluding hydrogens is 831 g/mol. The maximum Gasteiger partial charge on any atom is 0.419 e. The van der Waals surface area contributed by atoms with Crippen LogP contribution in [-0.4, -0.2) is 100 Å². The summed E-state index contributed by atoms with van der Waals surface area (Å²) in [5, 5.41) is 17.3. The summed E-state index contributed by atoms with van der Waals surface area (Å²) in [6.45, 7) is 6.57. The van der Waals surface area contributed by atoms with Gasteiger partial charge in [0, 0.05) is 55.2 Å². The summed E-state index contributed by atoms with van der Waals surface area (Å²) in [7, 11) is 0. The molecule has 5 fully saturated rings. The largest absolute Gasteiger partial charge is 0.492 e. The van der Waals surface area contributed by atoms with E-state index >= 15 is 0 Å². The topological polar surface area (TPSA) is 163 Å². The molecule has 3 aliphatic heterocycles. The second-order valence-electron chi connectivity index (χ2n) is 16.9. The van der Waals surface area contributed by atoms with E-state index < -0.39 is 46.2 Å². The van der Waals surface area contributed by atoms with Crippen molar-refractivity contribution in [1.29, 1.82) is 5.26 Å². The van der Waals surface area contributed by atoms with Crippen molar-refractivity contribution in [2.75, 3.05) is 53.2 Å².